The summed E-state index contributed by atoms with van der Waals surface area (Å²) in [5.41, 5.74) is 1.60. The summed E-state index contributed by atoms with van der Waals surface area (Å²) in [7, 11) is 0. The molecule has 2 aromatic heterocycles. The number of amides is 3. The van der Waals surface area contributed by atoms with Crippen molar-refractivity contribution in [2.24, 2.45) is 5.92 Å². The third kappa shape index (κ3) is 6.28. The van der Waals surface area contributed by atoms with Crippen molar-refractivity contribution in [1.82, 2.24) is 24.3 Å². The lowest BCUT2D eigenvalue weighted by molar-refractivity contribution is -0.140. The quantitative estimate of drug-likeness (QED) is 0.246. The molecule has 3 amide bonds. The number of rotatable bonds is 7. The molecule has 3 atom stereocenters. The van der Waals surface area contributed by atoms with Crippen LogP contribution in [0.15, 0.2) is 36.7 Å². The second-order valence-corrected chi connectivity index (χ2v) is 15.6. The van der Waals surface area contributed by atoms with Gasteiger partial charge in [0.05, 0.1) is 23.0 Å². The number of hydrogen-bond donors (Lipinski definition) is 0. The molecule has 1 saturated carbocycles. The van der Waals surface area contributed by atoms with Gasteiger partial charge in [0.15, 0.2) is 5.78 Å². The number of aromatic nitrogens is 2. The fourth-order valence-electron chi connectivity index (χ4n) is 8.28. The van der Waals surface area contributed by atoms with Gasteiger partial charge in [-0.3, -0.25) is 24.3 Å². The molecule has 3 aromatic rings. The first-order valence-corrected chi connectivity index (χ1v) is 18.0. The van der Waals surface area contributed by atoms with Crippen molar-refractivity contribution >= 4 is 34.6 Å². The van der Waals surface area contributed by atoms with Crippen molar-refractivity contribution in [1.29, 1.82) is 0 Å². The first-order valence-electron chi connectivity index (χ1n) is 18.0. The van der Waals surface area contributed by atoms with Crippen molar-refractivity contribution in [3.8, 4) is 5.69 Å². The van der Waals surface area contributed by atoms with Crippen LogP contribution in [0, 0.1) is 18.7 Å². The summed E-state index contributed by atoms with van der Waals surface area (Å²) < 4.78 is 22.3. The molecular weight excluding hydrogens is 637 g/mol. The number of piperidine rings is 1. The normalized spacial score (nSPS) is 21.6. The first-order chi connectivity index (χ1) is 23.6. The fraction of sp³-hybridized carbons (Fsp3) is 0.564. The molecule has 1 aromatic carbocycles. The molecular formula is C39H50FN5O5. The maximum Gasteiger partial charge on any atom is 0.411 e. The number of nitrogens with zero attached hydrogens (tertiary/aromatic N) is 5. The van der Waals surface area contributed by atoms with Crippen molar-refractivity contribution in [2.45, 2.75) is 123 Å². The maximum absolute atomic E-state index is 14.7. The number of pyridine rings is 1. The number of likely N-dealkylation sites (tertiary alicyclic amines) is 2. The summed E-state index contributed by atoms with van der Waals surface area (Å²) in [5, 5.41) is 0.710. The number of carbonyl (C=O) groups excluding carboxylic acids is 4. The highest BCUT2D eigenvalue weighted by atomic mass is 19.1. The highest BCUT2D eigenvalue weighted by molar-refractivity contribution is 6.11. The van der Waals surface area contributed by atoms with E-state index in [1.165, 1.54) is 12.1 Å². The molecule has 2 aliphatic heterocycles. The number of Topliss-reactive ketones (excluding diaryl/α,β-unsaturated/α-hetero) is 1. The molecule has 3 fully saturated rings. The zero-order valence-electron chi connectivity index (χ0n) is 30.6. The van der Waals surface area contributed by atoms with Crippen molar-refractivity contribution in [3.05, 3.63) is 59.3 Å². The van der Waals surface area contributed by atoms with Gasteiger partial charge in [0.2, 0.25) is 5.91 Å². The molecule has 0 radical (unpaired) electrons. The summed E-state index contributed by atoms with van der Waals surface area (Å²) in [6.07, 6.45) is 7.01. The molecule has 4 heterocycles. The van der Waals surface area contributed by atoms with Gasteiger partial charge in [-0.05, 0) is 118 Å². The van der Waals surface area contributed by atoms with E-state index >= 15 is 0 Å². The first kappa shape index (κ1) is 35.5. The Morgan fingerprint density at radius 2 is 1.82 bits per heavy atom. The minimum atomic E-state index is -0.662. The van der Waals surface area contributed by atoms with Gasteiger partial charge in [0, 0.05) is 59.5 Å². The standard InChI is InChI=1S/C39H50FN5O5/c1-9-42(23(2)3)35(47)29-21-27(40)10-11-30(29)44-25(5)33(28-13-18-41-22-32(28)44)34(46)26-14-19-43(24(4)20-26)36(48)31-12-15-39(16-17-39)45(31)37(49)50-38(6,7)8/h10-11,13,18,21-24,26,31H,9,12,14-17,19-20H2,1-8H3/t24-,26+,31-/m0/s1. The van der Waals surface area contributed by atoms with Crippen LogP contribution < -0.4 is 0 Å². The highest BCUT2D eigenvalue weighted by Gasteiger charge is 2.60. The molecule has 11 heteroatoms. The number of benzene rings is 1. The second kappa shape index (κ2) is 13.1. The van der Waals surface area contributed by atoms with Gasteiger partial charge < -0.3 is 19.1 Å². The lowest BCUT2D eigenvalue weighted by Crippen LogP contribution is -2.55. The predicted octanol–water partition coefficient (Wildman–Crippen LogP) is 7.09. The molecule has 6 rings (SSSR count). The SMILES string of the molecule is CCN(C(=O)c1cc(F)ccc1-n1c(C)c(C(=O)[C@@H]2CCN(C(=O)[C@@H]3CCC4(CC4)N3C(=O)OC(C)(C)C)[C@@H](C)C2)c2ccncc21)C(C)C. The van der Waals surface area contributed by atoms with Crippen LogP contribution in [-0.4, -0.2) is 90.3 Å². The molecule has 0 unspecified atom stereocenters. The van der Waals surface area contributed by atoms with Crippen LogP contribution in [0.5, 0.6) is 0 Å². The van der Waals surface area contributed by atoms with Gasteiger partial charge in [-0.25, -0.2) is 9.18 Å². The number of ketones is 1. The van der Waals surface area contributed by atoms with Gasteiger partial charge >= 0.3 is 6.09 Å². The summed E-state index contributed by atoms with van der Waals surface area (Å²) >= 11 is 0. The van der Waals surface area contributed by atoms with Gasteiger partial charge in [-0.2, -0.15) is 0 Å². The molecule has 2 saturated heterocycles. The number of ether oxygens (including phenoxy) is 1. The Kier molecular flexibility index (Phi) is 9.33. The van der Waals surface area contributed by atoms with Crippen LogP contribution in [0.3, 0.4) is 0 Å². The number of fused-ring (bicyclic) bond motifs is 1. The Morgan fingerprint density at radius 3 is 2.44 bits per heavy atom. The molecule has 1 spiro atoms. The van der Waals surface area contributed by atoms with Crippen LogP contribution in [-0.2, 0) is 9.53 Å². The minimum absolute atomic E-state index is 0.0306. The maximum atomic E-state index is 14.7. The van der Waals surface area contributed by atoms with Crippen molar-refractivity contribution < 1.29 is 28.3 Å². The Morgan fingerprint density at radius 1 is 1.10 bits per heavy atom. The Hall–Kier alpha value is -4.28. The molecule has 3 aliphatic rings. The van der Waals surface area contributed by atoms with E-state index in [0.29, 0.717) is 60.2 Å². The Bertz CT molecular complexity index is 1840. The van der Waals surface area contributed by atoms with Gasteiger partial charge in [0.1, 0.15) is 17.5 Å². The minimum Gasteiger partial charge on any atom is -0.444 e. The van der Waals surface area contributed by atoms with E-state index in [4.69, 9.17) is 4.74 Å². The third-order valence-corrected chi connectivity index (χ3v) is 10.8. The van der Waals surface area contributed by atoms with E-state index in [9.17, 15) is 23.6 Å². The highest BCUT2D eigenvalue weighted by Crippen LogP contribution is 2.53. The zero-order valence-corrected chi connectivity index (χ0v) is 30.6. The lowest BCUT2D eigenvalue weighted by atomic mass is 9.84. The zero-order chi connectivity index (χ0) is 36.3. The van der Waals surface area contributed by atoms with E-state index in [-0.39, 0.29) is 46.7 Å². The average molecular weight is 688 g/mol. The van der Waals surface area contributed by atoms with E-state index in [1.807, 2.05) is 70.9 Å². The Labute approximate surface area is 293 Å². The average Bonchev–Trinajstić information content (AvgIpc) is 3.63. The van der Waals surface area contributed by atoms with Crippen molar-refractivity contribution in [3.63, 3.8) is 0 Å². The molecule has 50 heavy (non-hydrogen) atoms. The third-order valence-electron chi connectivity index (χ3n) is 10.8. The lowest BCUT2D eigenvalue weighted by Gasteiger charge is -2.40. The van der Waals surface area contributed by atoms with E-state index in [0.717, 1.165) is 19.3 Å². The summed E-state index contributed by atoms with van der Waals surface area (Å²) in [6, 6.07) is 5.12. The summed E-state index contributed by atoms with van der Waals surface area (Å²) in [6.45, 7) is 15.9. The van der Waals surface area contributed by atoms with Gasteiger partial charge in [-0.1, -0.05) is 0 Å². The van der Waals surface area contributed by atoms with Crippen LogP contribution in [0.2, 0.25) is 0 Å². The molecule has 268 valence electrons. The Balaban J connectivity index is 1.27. The van der Waals surface area contributed by atoms with E-state index in [1.54, 1.807) is 28.3 Å². The summed E-state index contributed by atoms with van der Waals surface area (Å²) in [5.74, 6) is -1.26. The van der Waals surface area contributed by atoms with Crippen LogP contribution in [0.4, 0.5) is 9.18 Å². The van der Waals surface area contributed by atoms with Crippen LogP contribution >= 0.6 is 0 Å². The molecule has 0 N–H and O–H groups in total. The van der Waals surface area contributed by atoms with Crippen LogP contribution in [0.1, 0.15) is 113 Å². The molecule has 1 aliphatic carbocycles. The molecule has 0 bridgehead atoms. The number of carbonyl (C=O) groups is 4. The number of hydrogen-bond acceptors (Lipinski definition) is 6. The van der Waals surface area contributed by atoms with Gasteiger partial charge in [0.25, 0.3) is 5.91 Å². The van der Waals surface area contributed by atoms with Gasteiger partial charge in [-0.15, -0.1) is 0 Å². The van der Waals surface area contributed by atoms with Crippen molar-refractivity contribution in [2.75, 3.05) is 13.1 Å². The number of halogens is 1. The monoisotopic (exact) mass is 687 g/mol. The van der Waals surface area contributed by atoms with E-state index in [2.05, 4.69) is 4.98 Å². The fourth-order valence-corrected chi connectivity index (χ4v) is 8.28. The van der Waals surface area contributed by atoms with E-state index < -0.39 is 23.6 Å². The largest absolute Gasteiger partial charge is 0.444 e. The summed E-state index contributed by atoms with van der Waals surface area (Å²) in [4.78, 5) is 65.3. The topological polar surface area (TPSA) is 105 Å². The van der Waals surface area contributed by atoms with Crippen LogP contribution in [0.25, 0.3) is 16.6 Å². The predicted molar refractivity (Wildman–Crippen MR) is 189 cm³/mol. The second-order valence-electron chi connectivity index (χ2n) is 15.6. The smallest absolute Gasteiger partial charge is 0.411 e. The molecule has 10 nitrogen and oxygen atoms in total.